The third kappa shape index (κ3) is 3.73. The lowest BCUT2D eigenvalue weighted by Gasteiger charge is -2.09. The quantitative estimate of drug-likeness (QED) is 0.782. The summed E-state index contributed by atoms with van der Waals surface area (Å²) in [7, 11) is 1.51. The van der Waals surface area contributed by atoms with E-state index in [-0.39, 0.29) is 17.2 Å². The van der Waals surface area contributed by atoms with E-state index in [2.05, 4.69) is 5.32 Å². The Morgan fingerprint density at radius 2 is 1.86 bits per heavy atom. The second-order valence-corrected chi connectivity index (χ2v) is 4.59. The lowest BCUT2D eigenvalue weighted by Crippen LogP contribution is -2.22. The Hall–Kier alpha value is -2.53. The molecule has 5 nitrogen and oxygen atoms in total. The summed E-state index contributed by atoms with van der Waals surface area (Å²) >= 11 is 0. The molecule has 0 unspecified atom stereocenters. The Morgan fingerprint density at radius 1 is 1.19 bits per heavy atom. The summed E-state index contributed by atoms with van der Waals surface area (Å²) in [4.78, 5) is 12.1. The van der Waals surface area contributed by atoms with Gasteiger partial charge in [0, 0.05) is 13.1 Å². The number of phenolic OH excluding ortho intramolecular Hbond substituents is 1. The van der Waals surface area contributed by atoms with Gasteiger partial charge in [-0.25, -0.2) is 0 Å². The highest BCUT2D eigenvalue weighted by atomic mass is 16.5. The van der Waals surface area contributed by atoms with Crippen LogP contribution in [0.3, 0.4) is 0 Å². The Kier molecular flexibility index (Phi) is 4.79. The molecule has 2 aromatic rings. The first kappa shape index (κ1) is 14.9. The van der Waals surface area contributed by atoms with E-state index in [1.165, 1.54) is 19.2 Å². The predicted molar refractivity (Wildman–Crippen MR) is 80.2 cm³/mol. The minimum Gasteiger partial charge on any atom is -0.507 e. The maximum Gasteiger partial charge on any atom is 0.255 e. The number of rotatable bonds is 5. The first-order chi connectivity index (χ1) is 10.1. The molecule has 0 aromatic heterocycles. The number of aromatic hydroxyl groups is 1. The lowest BCUT2D eigenvalue weighted by atomic mass is 10.1. The molecule has 1 amide bonds. The van der Waals surface area contributed by atoms with Crippen molar-refractivity contribution in [3.8, 4) is 11.5 Å². The van der Waals surface area contributed by atoms with Gasteiger partial charge >= 0.3 is 0 Å². The number of carbonyl (C=O) groups is 1. The molecule has 2 rings (SSSR count). The first-order valence-electron chi connectivity index (χ1n) is 6.57. The highest BCUT2D eigenvalue weighted by Gasteiger charge is 2.12. The Labute approximate surface area is 123 Å². The van der Waals surface area contributed by atoms with Gasteiger partial charge in [-0.3, -0.25) is 4.79 Å². The number of nitrogens with two attached hydrogens (primary N) is 1. The van der Waals surface area contributed by atoms with Crippen molar-refractivity contribution in [2.24, 2.45) is 5.73 Å². The fraction of sp³-hybridized carbons (Fsp3) is 0.188. The highest BCUT2D eigenvalue weighted by Crippen LogP contribution is 2.22. The third-order valence-corrected chi connectivity index (χ3v) is 3.16. The smallest absolute Gasteiger partial charge is 0.255 e. The summed E-state index contributed by atoms with van der Waals surface area (Å²) < 4.78 is 5.05. The van der Waals surface area contributed by atoms with Gasteiger partial charge in [0.05, 0.1) is 12.7 Å². The number of hydrogen-bond donors (Lipinski definition) is 3. The van der Waals surface area contributed by atoms with E-state index in [1.54, 1.807) is 6.07 Å². The summed E-state index contributed by atoms with van der Waals surface area (Å²) in [6.45, 7) is 0.866. The van der Waals surface area contributed by atoms with Crippen LogP contribution in [0.2, 0.25) is 0 Å². The van der Waals surface area contributed by atoms with Gasteiger partial charge in [0.25, 0.3) is 5.91 Å². The molecule has 2 aromatic carbocycles. The number of amides is 1. The highest BCUT2D eigenvalue weighted by molar-refractivity contribution is 5.97. The molecular weight excluding hydrogens is 268 g/mol. The second kappa shape index (κ2) is 6.76. The largest absolute Gasteiger partial charge is 0.507 e. The summed E-state index contributed by atoms with van der Waals surface area (Å²) in [6.07, 6.45) is 0. The van der Waals surface area contributed by atoms with E-state index in [0.717, 1.165) is 11.1 Å². The molecule has 110 valence electrons. The average Bonchev–Trinajstić information content (AvgIpc) is 2.53. The molecule has 21 heavy (non-hydrogen) atoms. The fourth-order valence-corrected chi connectivity index (χ4v) is 1.89. The average molecular weight is 286 g/mol. The zero-order valence-corrected chi connectivity index (χ0v) is 11.8. The Balaban J connectivity index is 2.04. The lowest BCUT2D eigenvalue weighted by molar-refractivity contribution is 0.0948. The van der Waals surface area contributed by atoms with Crippen LogP contribution >= 0.6 is 0 Å². The van der Waals surface area contributed by atoms with E-state index in [1.807, 2.05) is 24.3 Å². The van der Waals surface area contributed by atoms with Crippen LogP contribution in [0.1, 0.15) is 21.5 Å². The maximum absolute atomic E-state index is 12.1. The molecular formula is C16H18N2O3. The fourth-order valence-electron chi connectivity index (χ4n) is 1.89. The Bertz CT molecular complexity index is 624. The molecule has 0 spiro atoms. The zero-order chi connectivity index (χ0) is 15.2. The predicted octanol–water partition coefficient (Wildman–Crippen LogP) is 1.79. The van der Waals surface area contributed by atoms with Crippen LogP contribution in [-0.4, -0.2) is 18.1 Å². The molecule has 0 radical (unpaired) electrons. The van der Waals surface area contributed by atoms with Crippen molar-refractivity contribution >= 4 is 5.91 Å². The number of nitrogens with one attached hydrogen (secondary N) is 1. The normalized spacial score (nSPS) is 10.2. The van der Waals surface area contributed by atoms with Gasteiger partial charge in [0.15, 0.2) is 0 Å². The molecule has 0 atom stereocenters. The third-order valence-electron chi connectivity index (χ3n) is 3.16. The van der Waals surface area contributed by atoms with E-state index in [0.29, 0.717) is 18.8 Å². The molecule has 0 heterocycles. The van der Waals surface area contributed by atoms with Gasteiger partial charge < -0.3 is 20.9 Å². The van der Waals surface area contributed by atoms with Gasteiger partial charge in [0.2, 0.25) is 0 Å². The van der Waals surface area contributed by atoms with Gasteiger partial charge in [-0.1, -0.05) is 24.3 Å². The summed E-state index contributed by atoms with van der Waals surface area (Å²) in [6, 6.07) is 12.2. The van der Waals surface area contributed by atoms with E-state index in [9.17, 15) is 9.90 Å². The number of phenols is 1. The van der Waals surface area contributed by atoms with E-state index >= 15 is 0 Å². The standard InChI is InChI=1S/C16H18N2O3/c1-21-13-6-7-15(19)14(8-13)16(20)18-10-12-4-2-11(9-17)3-5-12/h2-8,19H,9-10,17H2,1H3,(H,18,20). The topological polar surface area (TPSA) is 84.6 Å². The number of carbonyl (C=O) groups excluding carboxylic acids is 1. The van der Waals surface area contributed by atoms with Crippen molar-refractivity contribution in [3.63, 3.8) is 0 Å². The molecule has 0 aliphatic heterocycles. The van der Waals surface area contributed by atoms with Gasteiger partial charge in [-0.15, -0.1) is 0 Å². The molecule has 0 saturated carbocycles. The van der Waals surface area contributed by atoms with Crippen molar-refractivity contribution in [3.05, 3.63) is 59.2 Å². The van der Waals surface area contributed by atoms with Crippen molar-refractivity contribution in [2.75, 3.05) is 7.11 Å². The first-order valence-corrected chi connectivity index (χ1v) is 6.57. The minimum absolute atomic E-state index is 0.0771. The van der Waals surface area contributed by atoms with Crippen molar-refractivity contribution in [2.45, 2.75) is 13.1 Å². The molecule has 4 N–H and O–H groups in total. The number of hydrogen-bond acceptors (Lipinski definition) is 4. The van der Waals surface area contributed by atoms with Gasteiger partial charge in [-0.05, 0) is 29.3 Å². The van der Waals surface area contributed by atoms with Crippen LogP contribution in [0.4, 0.5) is 0 Å². The summed E-state index contributed by atoms with van der Waals surface area (Å²) in [5.74, 6) is 0.0892. The summed E-state index contributed by atoms with van der Waals surface area (Å²) in [5.41, 5.74) is 7.72. The van der Waals surface area contributed by atoms with Crippen LogP contribution in [0.15, 0.2) is 42.5 Å². The van der Waals surface area contributed by atoms with Crippen LogP contribution in [0, 0.1) is 0 Å². The van der Waals surface area contributed by atoms with Crippen LogP contribution < -0.4 is 15.8 Å². The SMILES string of the molecule is COc1ccc(O)c(C(=O)NCc2ccc(CN)cc2)c1. The van der Waals surface area contributed by atoms with Crippen LogP contribution in [0.25, 0.3) is 0 Å². The van der Waals surface area contributed by atoms with Crippen molar-refractivity contribution in [1.82, 2.24) is 5.32 Å². The molecule has 0 aliphatic rings. The van der Waals surface area contributed by atoms with Gasteiger partial charge in [0.1, 0.15) is 11.5 Å². The number of methoxy groups -OCH3 is 1. The molecule has 0 saturated heterocycles. The second-order valence-electron chi connectivity index (χ2n) is 4.59. The number of benzene rings is 2. The molecule has 0 bridgehead atoms. The number of ether oxygens (including phenoxy) is 1. The van der Waals surface area contributed by atoms with E-state index in [4.69, 9.17) is 10.5 Å². The van der Waals surface area contributed by atoms with Crippen molar-refractivity contribution < 1.29 is 14.6 Å². The molecule has 5 heteroatoms. The van der Waals surface area contributed by atoms with Crippen molar-refractivity contribution in [1.29, 1.82) is 0 Å². The van der Waals surface area contributed by atoms with Crippen LogP contribution in [-0.2, 0) is 13.1 Å². The maximum atomic E-state index is 12.1. The summed E-state index contributed by atoms with van der Waals surface area (Å²) in [5, 5.41) is 12.5. The van der Waals surface area contributed by atoms with E-state index < -0.39 is 0 Å². The van der Waals surface area contributed by atoms with Gasteiger partial charge in [-0.2, -0.15) is 0 Å². The molecule has 0 fully saturated rings. The zero-order valence-electron chi connectivity index (χ0n) is 11.8. The molecule has 0 aliphatic carbocycles. The Morgan fingerprint density at radius 3 is 2.48 bits per heavy atom. The van der Waals surface area contributed by atoms with Crippen LogP contribution in [0.5, 0.6) is 11.5 Å². The monoisotopic (exact) mass is 286 g/mol. The minimum atomic E-state index is -0.352.